The third kappa shape index (κ3) is 2.28. The lowest BCUT2D eigenvalue weighted by Crippen LogP contribution is -2.21. The van der Waals surface area contributed by atoms with Gasteiger partial charge >= 0.3 is 0 Å². The van der Waals surface area contributed by atoms with E-state index in [2.05, 4.69) is 18.8 Å². The van der Waals surface area contributed by atoms with Gasteiger partial charge in [0.05, 0.1) is 6.54 Å². The number of halogens is 1. The van der Waals surface area contributed by atoms with E-state index in [0.717, 1.165) is 18.1 Å². The van der Waals surface area contributed by atoms with Crippen molar-refractivity contribution in [1.82, 2.24) is 4.98 Å². The minimum absolute atomic E-state index is 0.425. The van der Waals surface area contributed by atoms with E-state index in [1.54, 1.807) is 0 Å². The van der Waals surface area contributed by atoms with Crippen molar-refractivity contribution in [3.8, 4) is 0 Å². The van der Waals surface area contributed by atoms with Gasteiger partial charge in [-0.05, 0) is 24.5 Å². The highest BCUT2D eigenvalue weighted by atomic mass is 19.1. The summed E-state index contributed by atoms with van der Waals surface area (Å²) < 4.78 is 13.0. The molecule has 1 aromatic heterocycles. The Hall–Kier alpha value is -1.12. The Balaban J connectivity index is 2.18. The first-order valence-electron chi connectivity index (χ1n) is 5.53. The molecule has 0 saturated carbocycles. The number of rotatable bonds is 2. The highest BCUT2D eigenvalue weighted by Crippen LogP contribution is 2.22. The van der Waals surface area contributed by atoms with Gasteiger partial charge in [-0.3, -0.25) is 0 Å². The highest BCUT2D eigenvalue weighted by molar-refractivity contribution is 5.41. The van der Waals surface area contributed by atoms with E-state index < -0.39 is 6.17 Å². The van der Waals surface area contributed by atoms with Crippen LogP contribution in [0.3, 0.4) is 0 Å². The predicted octanol–water partition coefficient (Wildman–Crippen LogP) is 2.75. The summed E-state index contributed by atoms with van der Waals surface area (Å²) in [6.07, 6.45) is -0.0531. The van der Waals surface area contributed by atoms with Gasteiger partial charge in [0, 0.05) is 12.2 Å². The normalized spacial score (nSPS) is 21.3. The second-order valence-electron chi connectivity index (χ2n) is 4.41. The molecule has 0 amide bonds. The van der Waals surface area contributed by atoms with Gasteiger partial charge in [-0.15, -0.1) is 0 Å². The largest absolute Gasteiger partial charge is 0.354 e. The first-order valence-corrected chi connectivity index (χ1v) is 5.53. The summed E-state index contributed by atoms with van der Waals surface area (Å²) in [5.41, 5.74) is 1.08. The number of aromatic nitrogens is 1. The summed E-state index contributed by atoms with van der Waals surface area (Å²) >= 11 is 0. The van der Waals surface area contributed by atoms with Crippen LogP contribution >= 0.6 is 0 Å². The van der Waals surface area contributed by atoms with E-state index in [0.29, 0.717) is 18.9 Å². The maximum Gasteiger partial charge on any atom is 0.128 e. The van der Waals surface area contributed by atoms with E-state index in [1.807, 2.05) is 23.1 Å². The van der Waals surface area contributed by atoms with Gasteiger partial charge in [0.2, 0.25) is 0 Å². The van der Waals surface area contributed by atoms with E-state index in [9.17, 15) is 4.39 Å². The smallest absolute Gasteiger partial charge is 0.128 e. The molecule has 1 saturated heterocycles. The summed E-state index contributed by atoms with van der Waals surface area (Å²) in [4.78, 5) is 6.57. The van der Waals surface area contributed by atoms with Crippen molar-refractivity contribution in [1.29, 1.82) is 0 Å². The van der Waals surface area contributed by atoms with E-state index in [1.165, 1.54) is 0 Å². The summed E-state index contributed by atoms with van der Waals surface area (Å²) in [5, 5.41) is 0. The molecule has 2 heterocycles. The lowest BCUT2D eigenvalue weighted by Gasteiger charge is -2.17. The molecular weight excluding hydrogens is 191 g/mol. The topological polar surface area (TPSA) is 16.1 Å². The van der Waals surface area contributed by atoms with E-state index >= 15 is 0 Å². The van der Waals surface area contributed by atoms with Crippen LogP contribution in [-0.2, 0) is 0 Å². The maximum atomic E-state index is 13.0. The van der Waals surface area contributed by atoms with E-state index in [4.69, 9.17) is 0 Å². The molecule has 1 unspecified atom stereocenters. The van der Waals surface area contributed by atoms with Crippen molar-refractivity contribution < 1.29 is 4.39 Å². The number of pyridine rings is 1. The molecule has 1 fully saturated rings. The van der Waals surface area contributed by atoms with Gasteiger partial charge in [-0.1, -0.05) is 19.9 Å². The van der Waals surface area contributed by atoms with Crippen molar-refractivity contribution in [2.45, 2.75) is 32.4 Å². The van der Waals surface area contributed by atoms with Crippen LogP contribution < -0.4 is 4.90 Å². The highest BCUT2D eigenvalue weighted by Gasteiger charge is 2.22. The summed E-state index contributed by atoms with van der Waals surface area (Å²) in [6.45, 7) is 5.52. The Kier molecular flexibility index (Phi) is 2.89. The zero-order chi connectivity index (χ0) is 10.8. The molecule has 0 N–H and O–H groups in total. The molecule has 82 valence electrons. The molecule has 0 spiro atoms. The lowest BCUT2D eigenvalue weighted by atomic mass is 10.1. The van der Waals surface area contributed by atoms with Crippen LogP contribution in [0.1, 0.15) is 31.9 Å². The fraction of sp³-hybridized carbons (Fsp3) is 0.583. The number of hydrogen-bond donors (Lipinski definition) is 0. The molecule has 2 rings (SSSR count). The van der Waals surface area contributed by atoms with E-state index in [-0.39, 0.29) is 0 Å². The second kappa shape index (κ2) is 4.17. The summed E-state index contributed by atoms with van der Waals surface area (Å²) in [5.74, 6) is 1.34. The Morgan fingerprint density at radius 1 is 1.47 bits per heavy atom. The average Bonchev–Trinajstić information content (AvgIpc) is 2.65. The van der Waals surface area contributed by atoms with Crippen LogP contribution in [0.2, 0.25) is 0 Å². The molecule has 2 nitrogen and oxygen atoms in total. The van der Waals surface area contributed by atoms with Gasteiger partial charge in [0.15, 0.2) is 0 Å². The number of anilines is 1. The van der Waals surface area contributed by atoms with Crippen LogP contribution in [0.5, 0.6) is 0 Å². The minimum Gasteiger partial charge on any atom is -0.354 e. The molecule has 0 aliphatic carbocycles. The maximum absolute atomic E-state index is 13.0. The molecule has 3 heteroatoms. The Labute approximate surface area is 90.1 Å². The fourth-order valence-electron chi connectivity index (χ4n) is 1.86. The molecule has 1 aliphatic rings. The number of hydrogen-bond acceptors (Lipinski definition) is 2. The molecular formula is C12H17FN2. The lowest BCUT2D eigenvalue weighted by molar-refractivity contribution is 0.364. The van der Waals surface area contributed by atoms with Crippen LogP contribution in [0.25, 0.3) is 0 Å². The fourth-order valence-corrected chi connectivity index (χ4v) is 1.86. The molecule has 1 aromatic rings. The first kappa shape index (κ1) is 10.4. The van der Waals surface area contributed by atoms with Crippen molar-refractivity contribution in [3.05, 3.63) is 23.9 Å². The van der Waals surface area contributed by atoms with Crippen LogP contribution in [-0.4, -0.2) is 24.2 Å². The molecule has 0 radical (unpaired) electrons. The average molecular weight is 208 g/mol. The molecule has 0 aromatic carbocycles. The number of alkyl halides is 1. The minimum atomic E-state index is -0.686. The van der Waals surface area contributed by atoms with Gasteiger partial charge < -0.3 is 4.90 Å². The second-order valence-corrected chi connectivity index (χ2v) is 4.41. The van der Waals surface area contributed by atoms with Crippen LogP contribution in [0, 0.1) is 0 Å². The van der Waals surface area contributed by atoms with Crippen molar-refractivity contribution in [2.75, 3.05) is 18.0 Å². The van der Waals surface area contributed by atoms with Crippen LogP contribution in [0.4, 0.5) is 10.2 Å². The van der Waals surface area contributed by atoms with Crippen molar-refractivity contribution in [2.24, 2.45) is 0 Å². The van der Waals surface area contributed by atoms with Gasteiger partial charge in [-0.25, -0.2) is 9.37 Å². The van der Waals surface area contributed by atoms with Gasteiger partial charge in [0.25, 0.3) is 0 Å². The zero-order valence-corrected chi connectivity index (χ0v) is 9.28. The quantitative estimate of drug-likeness (QED) is 0.743. The first-order chi connectivity index (χ1) is 7.16. The Morgan fingerprint density at radius 3 is 2.87 bits per heavy atom. The Morgan fingerprint density at radius 2 is 2.27 bits per heavy atom. The molecule has 0 bridgehead atoms. The third-order valence-corrected chi connectivity index (χ3v) is 2.80. The predicted molar refractivity (Wildman–Crippen MR) is 60.1 cm³/mol. The zero-order valence-electron chi connectivity index (χ0n) is 9.28. The van der Waals surface area contributed by atoms with Crippen molar-refractivity contribution >= 4 is 5.82 Å². The Bertz CT molecular complexity index is 338. The summed E-state index contributed by atoms with van der Waals surface area (Å²) in [7, 11) is 0. The monoisotopic (exact) mass is 208 g/mol. The van der Waals surface area contributed by atoms with Crippen molar-refractivity contribution in [3.63, 3.8) is 0 Å². The molecule has 1 atom stereocenters. The number of nitrogens with zero attached hydrogens (tertiary/aromatic N) is 2. The SMILES string of the molecule is CC(C)c1cccc(N2CCC(F)C2)n1. The molecule has 1 aliphatic heterocycles. The standard InChI is InChI=1S/C12H17FN2/c1-9(2)11-4-3-5-12(14-11)15-7-6-10(13)8-15/h3-5,9-10H,6-8H2,1-2H3. The third-order valence-electron chi connectivity index (χ3n) is 2.80. The van der Waals surface area contributed by atoms with Crippen LogP contribution in [0.15, 0.2) is 18.2 Å². The summed E-state index contributed by atoms with van der Waals surface area (Å²) in [6, 6.07) is 5.99. The van der Waals surface area contributed by atoms with Gasteiger partial charge in [-0.2, -0.15) is 0 Å². The molecule has 15 heavy (non-hydrogen) atoms. The van der Waals surface area contributed by atoms with Gasteiger partial charge in [0.1, 0.15) is 12.0 Å².